The second kappa shape index (κ2) is 11.1. The molecule has 1 N–H and O–H groups in total. The smallest absolute Gasteiger partial charge is 0.306 e. The first kappa shape index (κ1) is 22.3. The summed E-state index contributed by atoms with van der Waals surface area (Å²) in [6, 6.07) is 16.8. The fourth-order valence-corrected chi connectivity index (χ4v) is 2.99. The predicted octanol–water partition coefficient (Wildman–Crippen LogP) is 4.40. The van der Waals surface area contributed by atoms with Crippen LogP contribution in [0.4, 0.5) is 0 Å². The number of carbonyl (C=O) groups is 3. The van der Waals surface area contributed by atoms with Crippen molar-refractivity contribution in [3.63, 3.8) is 0 Å². The van der Waals surface area contributed by atoms with Gasteiger partial charge in [0, 0.05) is 12.0 Å². The van der Waals surface area contributed by atoms with Gasteiger partial charge >= 0.3 is 5.97 Å². The molecule has 0 saturated carbocycles. The van der Waals surface area contributed by atoms with Gasteiger partial charge in [-0.15, -0.1) is 0 Å². The number of hydrogen-bond donors (Lipinski definition) is 1. The molecule has 1 atom stereocenters. The lowest BCUT2D eigenvalue weighted by Gasteiger charge is -2.21. The van der Waals surface area contributed by atoms with Crippen LogP contribution in [0.15, 0.2) is 54.6 Å². The summed E-state index contributed by atoms with van der Waals surface area (Å²) in [6.07, 6.45) is 0.798. The van der Waals surface area contributed by atoms with Crippen LogP contribution >= 0.6 is 0 Å². The lowest BCUT2D eigenvalue weighted by atomic mass is 9.97. The van der Waals surface area contributed by atoms with Crippen LogP contribution in [-0.2, 0) is 14.3 Å². The first-order valence-corrected chi connectivity index (χ1v) is 9.95. The monoisotopic (exact) mass is 395 g/mol. The molecular weight excluding hydrogens is 366 g/mol. The van der Waals surface area contributed by atoms with Crippen molar-refractivity contribution in [1.29, 1.82) is 0 Å². The van der Waals surface area contributed by atoms with Crippen molar-refractivity contribution in [2.45, 2.75) is 46.1 Å². The Morgan fingerprint density at radius 1 is 0.931 bits per heavy atom. The molecule has 0 radical (unpaired) electrons. The van der Waals surface area contributed by atoms with Gasteiger partial charge in [-0.25, -0.2) is 0 Å². The summed E-state index contributed by atoms with van der Waals surface area (Å²) in [4.78, 5) is 36.3. The second-order valence-electron chi connectivity index (χ2n) is 7.61. The minimum atomic E-state index is -0.555. The van der Waals surface area contributed by atoms with Crippen molar-refractivity contribution in [3.05, 3.63) is 71.3 Å². The van der Waals surface area contributed by atoms with E-state index in [1.54, 1.807) is 12.1 Å². The molecule has 0 bridgehead atoms. The van der Waals surface area contributed by atoms with Crippen molar-refractivity contribution >= 4 is 17.7 Å². The van der Waals surface area contributed by atoms with E-state index in [1.807, 2.05) is 49.4 Å². The second-order valence-corrected chi connectivity index (χ2v) is 7.61. The lowest BCUT2D eigenvalue weighted by molar-refractivity contribution is -0.148. The molecule has 5 heteroatoms. The van der Waals surface area contributed by atoms with Gasteiger partial charge in [0.2, 0.25) is 0 Å². The molecule has 0 spiro atoms. The zero-order chi connectivity index (χ0) is 21.2. The number of nitrogens with one attached hydrogen (secondary N) is 1. The normalized spacial score (nSPS) is 11.7. The fraction of sp³-hybridized carbons (Fsp3) is 0.375. The van der Waals surface area contributed by atoms with E-state index in [9.17, 15) is 14.4 Å². The Balaban J connectivity index is 1.78. The number of amides is 1. The van der Waals surface area contributed by atoms with Crippen LogP contribution in [0.2, 0.25) is 0 Å². The Bertz CT molecular complexity index is 813. The van der Waals surface area contributed by atoms with Crippen LogP contribution in [0.1, 0.15) is 60.6 Å². The van der Waals surface area contributed by atoms with E-state index in [0.29, 0.717) is 11.5 Å². The van der Waals surface area contributed by atoms with Crippen molar-refractivity contribution in [1.82, 2.24) is 5.32 Å². The average molecular weight is 395 g/mol. The third-order valence-corrected chi connectivity index (χ3v) is 4.54. The molecule has 0 saturated heterocycles. The van der Waals surface area contributed by atoms with Gasteiger partial charge in [-0.05, 0) is 24.8 Å². The van der Waals surface area contributed by atoms with Crippen molar-refractivity contribution < 1.29 is 19.1 Å². The molecule has 0 aromatic heterocycles. The van der Waals surface area contributed by atoms with Gasteiger partial charge in [-0.2, -0.15) is 0 Å². The third kappa shape index (κ3) is 7.90. The van der Waals surface area contributed by atoms with Crippen molar-refractivity contribution in [3.8, 4) is 0 Å². The van der Waals surface area contributed by atoms with E-state index in [-0.39, 0.29) is 37.2 Å². The van der Waals surface area contributed by atoms with E-state index < -0.39 is 5.97 Å². The predicted molar refractivity (Wildman–Crippen MR) is 112 cm³/mol. The molecule has 0 fully saturated rings. The van der Waals surface area contributed by atoms with Crippen molar-refractivity contribution in [2.24, 2.45) is 5.92 Å². The molecule has 0 unspecified atom stereocenters. The Morgan fingerprint density at radius 2 is 1.59 bits per heavy atom. The molecule has 2 rings (SSSR count). The quantitative estimate of drug-likeness (QED) is 0.478. The summed E-state index contributed by atoms with van der Waals surface area (Å²) in [6.45, 7) is 5.78. The molecule has 1 amide bonds. The number of hydrogen-bond acceptors (Lipinski definition) is 4. The van der Waals surface area contributed by atoms with Crippen LogP contribution in [-0.4, -0.2) is 24.3 Å². The maximum absolute atomic E-state index is 12.2. The van der Waals surface area contributed by atoms with Crippen LogP contribution < -0.4 is 5.32 Å². The van der Waals surface area contributed by atoms with Gasteiger partial charge in [-0.1, -0.05) is 74.0 Å². The summed E-state index contributed by atoms with van der Waals surface area (Å²) in [5.41, 5.74) is 2.66. The largest absolute Gasteiger partial charge is 0.456 e. The first-order valence-electron chi connectivity index (χ1n) is 9.95. The maximum atomic E-state index is 12.2. The van der Waals surface area contributed by atoms with Gasteiger partial charge in [-0.3, -0.25) is 14.4 Å². The zero-order valence-corrected chi connectivity index (χ0v) is 17.3. The number of Topliss-reactive ketones (excluding diaryl/α,β-unsaturated/α-hetero) is 1. The number of esters is 1. The van der Waals surface area contributed by atoms with E-state index in [4.69, 9.17) is 4.74 Å². The minimum absolute atomic E-state index is 0.0475. The van der Waals surface area contributed by atoms with Crippen LogP contribution in [0.5, 0.6) is 0 Å². The van der Waals surface area contributed by atoms with E-state index >= 15 is 0 Å². The number of aryl methyl sites for hydroxylation is 1. The number of benzene rings is 2. The van der Waals surface area contributed by atoms with E-state index in [0.717, 1.165) is 17.5 Å². The van der Waals surface area contributed by atoms with Gasteiger partial charge in [0.1, 0.15) is 0 Å². The molecule has 29 heavy (non-hydrogen) atoms. The van der Waals surface area contributed by atoms with Gasteiger partial charge < -0.3 is 10.1 Å². The SMILES string of the molecule is Cc1ccc(C(=O)CCC(=O)OCC(=O)N[C@H](CC(C)C)c2ccccc2)cc1. The summed E-state index contributed by atoms with van der Waals surface area (Å²) in [5.74, 6) is -0.623. The molecule has 0 aliphatic rings. The zero-order valence-electron chi connectivity index (χ0n) is 17.3. The molecule has 5 nitrogen and oxygen atoms in total. The summed E-state index contributed by atoms with van der Waals surface area (Å²) < 4.78 is 5.05. The summed E-state index contributed by atoms with van der Waals surface area (Å²) in [5, 5.41) is 2.93. The molecule has 0 aliphatic heterocycles. The Labute approximate surface area is 172 Å². The highest BCUT2D eigenvalue weighted by atomic mass is 16.5. The van der Waals surface area contributed by atoms with E-state index in [2.05, 4.69) is 19.2 Å². The van der Waals surface area contributed by atoms with Gasteiger partial charge in [0.05, 0.1) is 12.5 Å². The number of ether oxygens (including phenoxy) is 1. The van der Waals surface area contributed by atoms with E-state index in [1.165, 1.54) is 0 Å². The Morgan fingerprint density at radius 3 is 2.21 bits per heavy atom. The number of ketones is 1. The fourth-order valence-electron chi connectivity index (χ4n) is 2.99. The highest BCUT2D eigenvalue weighted by Gasteiger charge is 2.17. The van der Waals surface area contributed by atoms with Gasteiger partial charge in [0.25, 0.3) is 5.91 Å². The highest BCUT2D eigenvalue weighted by molar-refractivity contribution is 5.97. The first-order chi connectivity index (χ1) is 13.8. The van der Waals surface area contributed by atoms with Crippen LogP contribution in [0.3, 0.4) is 0 Å². The van der Waals surface area contributed by atoms with Crippen molar-refractivity contribution in [2.75, 3.05) is 6.61 Å². The molecule has 0 heterocycles. The molecule has 154 valence electrons. The number of rotatable bonds is 10. The molecular formula is C24H29NO4. The third-order valence-electron chi connectivity index (χ3n) is 4.54. The summed E-state index contributed by atoms with van der Waals surface area (Å²) in [7, 11) is 0. The lowest BCUT2D eigenvalue weighted by Crippen LogP contribution is -2.33. The standard InChI is InChI=1S/C24H29NO4/c1-17(2)15-21(19-7-5-4-6-8-19)25-23(27)16-29-24(28)14-13-22(26)20-11-9-18(3)10-12-20/h4-12,17,21H,13-16H2,1-3H3,(H,25,27)/t21-/m1/s1. The molecule has 2 aromatic rings. The molecule has 2 aromatic carbocycles. The Kier molecular flexibility index (Phi) is 8.59. The maximum Gasteiger partial charge on any atom is 0.306 e. The summed E-state index contributed by atoms with van der Waals surface area (Å²) >= 11 is 0. The van der Waals surface area contributed by atoms with Crippen LogP contribution in [0.25, 0.3) is 0 Å². The Hall–Kier alpha value is -2.95. The van der Waals surface area contributed by atoms with Gasteiger partial charge in [0.15, 0.2) is 12.4 Å². The molecule has 0 aliphatic carbocycles. The topological polar surface area (TPSA) is 72.5 Å². The highest BCUT2D eigenvalue weighted by Crippen LogP contribution is 2.21. The number of carbonyl (C=O) groups excluding carboxylic acids is 3. The average Bonchev–Trinajstić information content (AvgIpc) is 2.71. The minimum Gasteiger partial charge on any atom is -0.456 e. The van der Waals surface area contributed by atoms with Crippen LogP contribution in [0, 0.1) is 12.8 Å².